The van der Waals surface area contributed by atoms with E-state index in [1.165, 1.54) is 0 Å². The summed E-state index contributed by atoms with van der Waals surface area (Å²) in [5.74, 6) is -6.88. The second kappa shape index (κ2) is 3.27. The largest absolute Gasteiger partial charge is 0.527 e. The molecule has 0 aromatic heterocycles. The van der Waals surface area contributed by atoms with Crippen LogP contribution in [-0.2, 0) is 14.4 Å². The average Bonchev–Trinajstić information content (AvgIpc) is 2.00. The zero-order valence-electron chi connectivity index (χ0n) is 5.25. The van der Waals surface area contributed by atoms with Crippen molar-refractivity contribution in [3.8, 4) is 0 Å². The number of hydrogen-bond acceptors (Lipinski definition) is 7. The van der Waals surface area contributed by atoms with Crippen molar-refractivity contribution < 1.29 is 24.2 Å². The number of hydrogen-bond donors (Lipinski definition) is 0. The number of amides is 2. The van der Waals surface area contributed by atoms with E-state index >= 15 is 0 Å². The molecule has 0 saturated carbocycles. The Bertz CT molecular complexity index is 263. The standard InChI is InChI=1S/C3N2O7/c6-1(2(7)4(9)10)3(8)5(11)12. The lowest BCUT2D eigenvalue weighted by Gasteiger charge is -1.83. The van der Waals surface area contributed by atoms with E-state index in [-0.39, 0.29) is 0 Å². The molecule has 0 rings (SSSR count). The predicted molar refractivity (Wildman–Crippen MR) is 29.0 cm³/mol. The molecule has 0 N–H and O–H groups in total. The van der Waals surface area contributed by atoms with Crippen molar-refractivity contribution in [1.29, 1.82) is 0 Å². The molecule has 0 bridgehead atoms. The lowest BCUT2D eigenvalue weighted by Crippen LogP contribution is -2.33. The van der Waals surface area contributed by atoms with Gasteiger partial charge in [0.25, 0.3) is 0 Å². The van der Waals surface area contributed by atoms with Gasteiger partial charge in [-0.2, -0.15) is 0 Å². The predicted octanol–water partition coefficient (Wildman–Crippen LogP) is -1.84. The summed E-state index contributed by atoms with van der Waals surface area (Å²) in [5, 5.41) is 19.1. The van der Waals surface area contributed by atoms with Crippen molar-refractivity contribution in [3.05, 3.63) is 20.2 Å². The maximum Gasteiger partial charge on any atom is 0.527 e. The van der Waals surface area contributed by atoms with Crippen molar-refractivity contribution in [2.75, 3.05) is 0 Å². The molecule has 0 aliphatic carbocycles. The van der Waals surface area contributed by atoms with E-state index in [0.29, 0.717) is 0 Å². The molecule has 0 saturated heterocycles. The van der Waals surface area contributed by atoms with Crippen LogP contribution in [0.1, 0.15) is 0 Å². The van der Waals surface area contributed by atoms with Crippen LogP contribution in [0.5, 0.6) is 0 Å². The summed E-state index contributed by atoms with van der Waals surface area (Å²) >= 11 is 0. The Morgan fingerprint density at radius 2 is 1.08 bits per heavy atom. The van der Waals surface area contributed by atoms with Crippen LogP contribution in [-0.4, -0.2) is 27.4 Å². The average molecular weight is 176 g/mol. The van der Waals surface area contributed by atoms with Crippen LogP contribution in [0.15, 0.2) is 0 Å². The van der Waals surface area contributed by atoms with Crippen LogP contribution in [0.4, 0.5) is 0 Å². The summed E-state index contributed by atoms with van der Waals surface area (Å²) in [6.07, 6.45) is 0. The minimum absolute atomic E-state index is 1.70. The first-order chi connectivity index (χ1) is 5.37. The molecule has 0 fully saturated rings. The van der Waals surface area contributed by atoms with Gasteiger partial charge in [0.1, 0.15) is 9.85 Å². The molecule has 0 aromatic rings. The Labute approximate surface area is 63.3 Å². The summed E-state index contributed by atoms with van der Waals surface area (Å²) in [5.41, 5.74) is 0. The molecule has 12 heavy (non-hydrogen) atoms. The van der Waals surface area contributed by atoms with E-state index in [4.69, 9.17) is 0 Å². The fraction of sp³-hybridized carbons (Fsp3) is 0. The molecule has 0 spiro atoms. The number of Topliss-reactive ketones (excluding diaryl/α,β-unsaturated/α-hetero) is 1. The van der Waals surface area contributed by atoms with E-state index in [9.17, 15) is 34.6 Å². The number of carbonyl (C=O) groups excluding carboxylic acids is 3. The Morgan fingerprint density at radius 1 is 0.833 bits per heavy atom. The van der Waals surface area contributed by atoms with Crippen LogP contribution in [0.25, 0.3) is 0 Å². The van der Waals surface area contributed by atoms with Gasteiger partial charge in [0.15, 0.2) is 0 Å². The fourth-order valence-corrected chi connectivity index (χ4v) is 0.257. The highest BCUT2D eigenvalue weighted by atomic mass is 16.6. The first kappa shape index (κ1) is 9.81. The quantitative estimate of drug-likeness (QED) is 0.208. The minimum atomic E-state index is -2.31. The fourth-order valence-electron chi connectivity index (χ4n) is 0.257. The van der Waals surface area contributed by atoms with Crippen molar-refractivity contribution in [2.24, 2.45) is 0 Å². The van der Waals surface area contributed by atoms with Gasteiger partial charge in [0.2, 0.25) is 0 Å². The normalized spacial score (nSPS) is 8.67. The maximum absolute atomic E-state index is 10.1. The van der Waals surface area contributed by atoms with Crippen molar-refractivity contribution in [2.45, 2.75) is 0 Å². The Kier molecular flexibility index (Phi) is 2.68. The second-order valence-corrected chi connectivity index (χ2v) is 1.45. The van der Waals surface area contributed by atoms with Crippen LogP contribution in [0.2, 0.25) is 0 Å². The summed E-state index contributed by atoms with van der Waals surface area (Å²) in [4.78, 5) is 45.8. The smallest absolute Gasteiger partial charge is 0.266 e. The highest BCUT2D eigenvalue weighted by Gasteiger charge is 2.41. The van der Waals surface area contributed by atoms with Crippen molar-refractivity contribution in [1.82, 2.24) is 0 Å². The van der Waals surface area contributed by atoms with Gasteiger partial charge in [-0.3, -0.25) is 25.0 Å². The Balaban J connectivity index is 4.63. The van der Waals surface area contributed by atoms with Gasteiger partial charge < -0.3 is 0 Å². The third kappa shape index (κ3) is 1.90. The van der Waals surface area contributed by atoms with E-state index in [1.54, 1.807) is 0 Å². The van der Waals surface area contributed by atoms with E-state index in [0.717, 1.165) is 0 Å². The van der Waals surface area contributed by atoms with Crippen molar-refractivity contribution in [3.63, 3.8) is 0 Å². The molecule has 0 aromatic carbocycles. The summed E-state index contributed by atoms with van der Waals surface area (Å²) in [6.45, 7) is 0. The highest BCUT2D eigenvalue weighted by molar-refractivity contribution is 6.59. The van der Waals surface area contributed by atoms with Gasteiger partial charge in [-0.1, -0.05) is 0 Å². The van der Waals surface area contributed by atoms with E-state index in [1.807, 2.05) is 0 Å². The molecule has 0 heterocycles. The molecule has 0 aliphatic rings. The maximum atomic E-state index is 10.1. The van der Waals surface area contributed by atoms with Crippen molar-refractivity contribution >= 4 is 17.6 Å². The van der Waals surface area contributed by atoms with Gasteiger partial charge in [0.05, 0.1) is 0 Å². The summed E-state index contributed by atoms with van der Waals surface area (Å²) in [6, 6.07) is 0. The molecule has 0 unspecified atom stereocenters. The topological polar surface area (TPSA) is 137 Å². The zero-order valence-corrected chi connectivity index (χ0v) is 5.25. The van der Waals surface area contributed by atoms with Gasteiger partial charge in [-0.15, -0.1) is 0 Å². The van der Waals surface area contributed by atoms with Gasteiger partial charge in [0, 0.05) is 0 Å². The number of rotatable bonds is 2. The third-order valence-corrected chi connectivity index (χ3v) is 0.720. The third-order valence-electron chi connectivity index (χ3n) is 0.720. The Morgan fingerprint density at radius 3 is 1.25 bits per heavy atom. The monoisotopic (exact) mass is 176 g/mol. The highest BCUT2D eigenvalue weighted by Crippen LogP contribution is 1.83. The molecular formula is C3N2O7. The lowest BCUT2D eigenvalue weighted by atomic mass is 10.4. The molecule has 9 heteroatoms. The molecule has 0 aliphatic heterocycles. The van der Waals surface area contributed by atoms with Crippen LogP contribution in [0.3, 0.4) is 0 Å². The number of nitrogens with zero attached hydrogens (tertiary/aromatic N) is 2. The number of carbonyl (C=O) groups is 3. The first-order valence-electron chi connectivity index (χ1n) is 2.29. The molecule has 0 radical (unpaired) electrons. The molecule has 0 atom stereocenters. The van der Waals surface area contributed by atoms with Gasteiger partial charge in [-0.25, -0.2) is 9.59 Å². The van der Waals surface area contributed by atoms with Crippen LogP contribution >= 0.6 is 0 Å². The Hall–Kier alpha value is -2.19. The molecule has 2 amide bonds. The molecule has 9 nitrogen and oxygen atoms in total. The van der Waals surface area contributed by atoms with E-state index in [2.05, 4.69) is 0 Å². The number of nitro groups is 2. The lowest BCUT2D eigenvalue weighted by molar-refractivity contribution is -0.406. The SMILES string of the molecule is O=C(C(=O)[N+](=O)[O-])C(=O)[N+](=O)[O-]. The molecular weight excluding hydrogens is 176 g/mol. The summed E-state index contributed by atoms with van der Waals surface area (Å²) < 4.78 is 0. The second-order valence-electron chi connectivity index (χ2n) is 1.45. The van der Waals surface area contributed by atoms with Gasteiger partial charge >= 0.3 is 17.6 Å². The summed E-state index contributed by atoms with van der Waals surface area (Å²) in [7, 11) is 0. The first-order valence-corrected chi connectivity index (χ1v) is 2.29. The zero-order chi connectivity index (χ0) is 9.89. The minimum Gasteiger partial charge on any atom is -0.266 e. The van der Waals surface area contributed by atoms with Crippen LogP contribution in [0, 0.1) is 20.2 Å². The van der Waals surface area contributed by atoms with E-state index < -0.39 is 27.4 Å². The van der Waals surface area contributed by atoms with Crippen LogP contribution < -0.4 is 0 Å². The number of ketones is 1. The van der Waals surface area contributed by atoms with Gasteiger partial charge in [-0.05, 0) is 0 Å². The molecule has 64 valence electrons.